The van der Waals surface area contributed by atoms with Gasteiger partial charge in [-0.25, -0.2) is 0 Å². The summed E-state index contributed by atoms with van der Waals surface area (Å²) in [6, 6.07) is 14.1. The van der Waals surface area contributed by atoms with Gasteiger partial charge in [-0.1, -0.05) is 26.0 Å². The molecule has 0 saturated carbocycles. The van der Waals surface area contributed by atoms with Crippen LogP contribution in [-0.2, 0) is 4.79 Å². The molecular formula is C19H22N2O3. The van der Waals surface area contributed by atoms with E-state index in [1.54, 1.807) is 49.4 Å². The highest BCUT2D eigenvalue weighted by Gasteiger charge is 2.08. The molecule has 2 N–H and O–H groups in total. The fourth-order valence-corrected chi connectivity index (χ4v) is 2.07. The third-order valence-corrected chi connectivity index (χ3v) is 3.29. The van der Waals surface area contributed by atoms with Gasteiger partial charge in [0.25, 0.3) is 5.91 Å². The van der Waals surface area contributed by atoms with Gasteiger partial charge >= 0.3 is 0 Å². The third kappa shape index (κ3) is 5.12. The average Bonchev–Trinajstić information content (AvgIpc) is 2.60. The molecule has 0 radical (unpaired) electrons. The molecule has 0 spiro atoms. The van der Waals surface area contributed by atoms with E-state index in [-0.39, 0.29) is 11.8 Å². The second-order valence-electron chi connectivity index (χ2n) is 5.31. The molecule has 5 heteroatoms. The van der Waals surface area contributed by atoms with E-state index >= 15 is 0 Å². The number of nitrogens with one attached hydrogen (secondary N) is 2. The first-order valence-electron chi connectivity index (χ1n) is 8.06. The van der Waals surface area contributed by atoms with Crippen LogP contribution in [0, 0.1) is 0 Å². The maximum atomic E-state index is 12.4. The van der Waals surface area contributed by atoms with Crippen LogP contribution in [-0.4, -0.2) is 18.4 Å². The lowest BCUT2D eigenvalue weighted by atomic mass is 10.2. The average molecular weight is 326 g/mol. The van der Waals surface area contributed by atoms with Gasteiger partial charge in [-0.15, -0.1) is 0 Å². The normalized spacial score (nSPS) is 10.1. The highest BCUT2D eigenvalue weighted by molar-refractivity contribution is 6.05. The zero-order valence-electron chi connectivity index (χ0n) is 14.0. The predicted molar refractivity (Wildman–Crippen MR) is 95.5 cm³/mol. The maximum absolute atomic E-state index is 12.4. The molecule has 0 fully saturated rings. The molecule has 0 aliphatic rings. The van der Waals surface area contributed by atoms with Crippen LogP contribution in [0.25, 0.3) is 0 Å². The van der Waals surface area contributed by atoms with Gasteiger partial charge in [-0.3, -0.25) is 9.59 Å². The Morgan fingerprint density at radius 3 is 2.38 bits per heavy atom. The van der Waals surface area contributed by atoms with Crippen LogP contribution in [0.1, 0.15) is 37.0 Å². The van der Waals surface area contributed by atoms with Crippen molar-refractivity contribution < 1.29 is 14.3 Å². The molecule has 24 heavy (non-hydrogen) atoms. The SMILES string of the molecule is CCCOc1cccc(C(=O)Nc2cccc(NC(=O)CC)c2)c1. The summed E-state index contributed by atoms with van der Waals surface area (Å²) in [7, 11) is 0. The lowest BCUT2D eigenvalue weighted by Gasteiger charge is -2.10. The van der Waals surface area contributed by atoms with Crippen molar-refractivity contribution in [2.75, 3.05) is 17.2 Å². The predicted octanol–water partition coefficient (Wildman–Crippen LogP) is 4.08. The minimum atomic E-state index is -0.226. The van der Waals surface area contributed by atoms with Crippen molar-refractivity contribution in [3.63, 3.8) is 0 Å². The molecule has 0 heterocycles. The lowest BCUT2D eigenvalue weighted by Crippen LogP contribution is -2.13. The number of anilines is 2. The zero-order chi connectivity index (χ0) is 17.4. The summed E-state index contributed by atoms with van der Waals surface area (Å²) in [5.74, 6) is 0.378. The first-order valence-corrected chi connectivity index (χ1v) is 8.06. The fourth-order valence-electron chi connectivity index (χ4n) is 2.07. The van der Waals surface area contributed by atoms with E-state index in [1.165, 1.54) is 0 Å². The van der Waals surface area contributed by atoms with Gasteiger partial charge in [0, 0.05) is 23.4 Å². The molecule has 2 aromatic carbocycles. The maximum Gasteiger partial charge on any atom is 0.255 e. The van der Waals surface area contributed by atoms with Crippen molar-refractivity contribution in [2.45, 2.75) is 26.7 Å². The van der Waals surface area contributed by atoms with E-state index in [1.807, 2.05) is 13.0 Å². The molecule has 5 nitrogen and oxygen atoms in total. The smallest absolute Gasteiger partial charge is 0.255 e. The minimum Gasteiger partial charge on any atom is -0.494 e. The highest BCUT2D eigenvalue weighted by atomic mass is 16.5. The number of carbonyl (C=O) groups is 2. The summed E-state index contributed by atoms with van der Waals surface area (Å²) in [5, 5.41) is 5.59. The quantitative estimate of drug-likeness (QED) is 0.806. The topological polar surface area (TPSA) is 67.4 Å². The number of ether oxygens (including phenoxy) is 1. The second-order valence-corrected chi connectivity index (χ2v) is 5.31. The zero-order valence-corrected chi connectivity index (χ0v) is 14.0. The number of carbonyl (C=O) groups excluding carboxylic acids is 2. The molecule has 0 aliphatic carbocycles. The van der Waals surface area contributed by atoms with Gasteiger partial charge in [-0.05, 0) is 42.8 Å². The van der Waals surface area contributed by atoms with Crippen LogP contribution in [0.5, 0.6) is 5.75 Å². The van der Waals surface area contributed by atoms with E-state index < -0.39 is 0 Å². The van der Waals surface area contributed by atoms with Crippen molar-refractivity contribution >= 4 is 23.2 Å². The standard InChI is InChI=1S/C19H22N2O3/c1-3-11-24-17-10-5-7-14(12-17)19(23)21-16-9-6-8-15(13-16)20-18(22)4-2/h5-10,12-13H,3-4,11H2,1-2H3,(H,20,22)(H,21,23). The first-order chi connectivity index (χ1) is 11.6. The number of amides is 2. The molecule has 2 rings (SSSR count). The van der Waals surface area contributed by atoms with Crippen LogP contribution < -0.4 is 15.4 Å². The minimum absolute atomic E-state index is 0.0701. The van der Waals surface area contributed by atoms with Gasteiger partial charge in [0.15, 0.2) is 0 Å². The van der Waals surface area contributed by atoms with E-state index in [4.69, 9.17) is 4.74 Å². The number of benzene rings is 2. The van der Waals surface area contributed by atoms with Crippen LogP contribution in [0.3, 0.4) is 0 Å². The van der Waals surface area contributed by atoms with Gasteiger partial charge in [0.05, 0.1) is 6.61 Å². The molecule has 0 unspecified atom stereocenters. The van der Waals surface area contributed by atoms with Crippen molar-refractivity contribution in [3.8, 4) is 5.75 Å². The van der Waals surface area contributed by atoms with Crippen molar-refractivity contribution in [1.82, 2.24) is 0 Å². The number of hydrogen-bond acceptors (Lipinski definition) is 3. The molecule has 2 amide bonds. The molecule has 0 atom stereocenters. The summed E-state index contributed by atoms with van der Waals surface area (Å²) >= 11 is 0. The Kier molecular flexibility index (Phi) is 6.37. The Bertz CT molecular complexity index is 713. The molecule has 126 valence electrons. The summed E-state index contributed by atoms with van der Waals surface area (Å²) in [4.78, 5) is 23.8. The summed E-state index contributed by atoms with van der Waals surface area (Å²) in [6.07, 6.45) is 1.31. The third-order valence-electron chi connectivity index (χ3n) is 3.29. The number of hydrogen-bond donors (Lipinski definition) is 2. The van der Waals surface area contributed by atoms with Crippen molar-refractivity contribution in [3.05, 3.63) is 54.1 Å². The van der Waals surface area contributed by atoms with Gasteiger partial charge < -0.3 is 15.4 Å². The van der Waals surface area contributed by atoms with Crippen molar-refractivity contribution in [1.29, 1.82) is 0 Å². The summed E-state index contributed by atoms with van der Waals surface area (Å²) in [5.41, 5.74) is 1.79. The lowest BCUT2D eigenvalue weighted by molar-refractivity contribution is -0.115. The van der Waals surface area contributed by atoms with Crippen LogP contribution >= 0.6 is 0 Å². The van der Waals surface area contributed by atoms with E-state index in [9.17, 15) is 9.59 Å². The second kappa shape index (κ2) is 8.72. The Labute approximate surface area is 142 Å². The monoisotopic (exact) mass is 326 g/mol. The van der Waals surface area contributed by atoms with Gasteiger partial charge in [0.2, 0.25) is 5.91 Å². The Morgan fingerprint density at radius 2 is 1.67 bits per heavy atom. The Balaban J connectivity index is 2.06. The molecule has 0 aromatic heterocycles. The largest absolute Gasteiger partial charge is 0.494 e. The van der Waals surface area contributed by atoms with Gasteiger partial charge in [-0.2, -0.15) is 0 Å². The molecule has 0 aliphatic heterocycles. The highest BCUT2D eigenvalue weighted by Crippen LogP contribution is 2.18. The van der Waals surface area contributed by atoms with Crippen LogP contribution in [0.2, 0.25) is 0 Å². The van der Waals surface area contributed by atoms with Crippen molar-refractivity contribution in [2.24, 2.45) is 0 Å². The summed E-state index contributed by atoms with van der Waals surface area (Å²) in [6.45, 7) is 4.43. The molecule has 0 bridgehead atoms. The molecule has 0 saturated heterocycles. The Hall–Kier alpha value is -2.82. The Morgan fingerprint density at radius 1 is 0.958 bits per heavy atom. The fraction of sp³-hybridized carbons (Fsp3) is 0.263. The number of rotatable bonds is 7. The van der Waals surface area contributed by atoms with E-state index in [2.05, 4.69) is 10.6 Å². The first kappa shape index (κ1) is 17.5. The van der Waals surface area contributed by atoms with Gasteiger partial charge in [0.1, 0.15) is 5.75 Å². The molecule has 2 aromatic rings. The molecular weight excluding hydrogens is 304 g/mol. The van der Waals surface area contributed by atoms with Crippen LogP contribution in [0.4, 0.5) is 11.4 Å². The van der Waals surface area contributed by atoms with Crippen LogP contribution in [0.15, 0.2) is 48.5 Å². The summed E-state index contributed by atoms with van der Waals surface area (Å²) < 4.78 is 5.54. The van der Waals surface area contributed by atoms with E-state index in [0.717, 1.165) is 6.42 Å². The van der Waals surface area contributed by atoms with E-state index in [0.29, 0.717) is 35.7 Å².